The smallest absolute Gasteiger partial charge is 0.414 e. The third kappa shape index (κ3) is 4.13. The highest BCUT2D eigenvalue weighted by molar-refractivity contribution is 5.90. The van der Waals surface area contributed by atoms with Gasteiger partial charge in [0.25, 0.3) is 0 Å². The standard InChI is InChI=1S/C20H26N4O3/c1-14(25)22(5)13-18-21-9-11-23(18)16-6-7-17-15(12-16)8-10-24(17)19(26)27-20(2,3)4/h6-7,9,11-12H,8,10,13H2,1-5H3. The Hall–Kier alpha value is -2.83. The molecule has 0 aliphatic carbocycles. The Morgan fingerprint density at radius 1 is 1.30 bits per heavy atom. The van der Waals surface area contributed by atoms with Crippen LogP contribution in [-0.2, 0) is 22.5 Å². The van der Waals surface area contributed by atoms with Gasteiger partial charge in [0.15, 0.2) is 0 Å². The molecule has 2 amide bonds. The van der Waals surface area contributed by atoms with Crippen molar-refractivity contribution >= 4 is 17.7 Å². The van der Waals surface area contributed by atoms with Crippen LogP contribution in [0.2, 0.25) is 0 Å². The van der Waals surface area contributed by atoms with Gasteiger partial charge in [0.2, 0.25) is 5.91 Å². The quantitative estimate of drug-likeness (QED) is 0.832. The van der Waals surface area contributed by atoms with Crippen LogP contribution in [0.4, 0.5) is 10.5 Å². The maximum Gasteiger partial charge on any atom is 0.414 e. The minimum Gasteiger partial charge on any atom is -0.443 e. The van der Waals surface area contributed by atoms with E-state index in [0.717, 1.165) is 29.2 Å². The maximum absolute atomic E-state index is 12.4. The molecular formula is C20H26N4O3. The molecule has 2 aromatic rings. The molecule has 27 heavy (non-hydrogen) atoms. The largest absolute Gasteiger partial charge is 0.443 e. The number of hydrogen-bond acceptors (Lipinski definition) is 4. The summed E-state index contributed by atoms with van der Waals surface area (Å²) in [6, 6.07) is 5.97. The number of rotatable bonds is 3. The van der Waals surface area contributed by atoms with Gasteiger partial charge in [-0.15, -0.1) is 0 Å². The number of fused-ring (bicyclic) bond motifs is 1. The predicted molar refractivity (Wildman–Crippen MR) is 103 cm³/mol. The van der Waals surface area contributed by atoms with Gasteiger partial charge < -0.3 is 14.2 Å². The van der Waals surface area contributed by atoms with Gasteiger partial charge in [-0.2, -0.15) is 0 Å². The van der Waals surface area contributed by atoms with E-state index in [1.807, 2.05) is 43.7 Å². The van der Waals surface area contributed by atoms with Crippen LogP contribution in [-0.4, -0.2) is 45.6 Å². The van der Waals surface area contributed by atoms with Gasteiger partial charge in [-0.05, 0) is 51.0 Å². The lowest BCUT2D eigenvalue weighted by Crippen LogP contribution is -2.35. The number of ether oxygens (including phenoxy) is 1. The van der Waals surface area contributed by atoms with Crippen LogP contribution < -0.4 is 4.90 Å². The zero-order valence-electron chi connectivity index (χ0n) is 16.5. The van der Waals surface area contributed by atoms with E-state index in [-0.39, 0.29) is 12.0 Å². The summed E-state index contributed by atoms with van der Waals surface area (Å²) in [4.78, 5) is 31.6. The van der Waals surface area contributed by atoms with Gasteiger partial charge in [0, 0.05) is 38.6 Å². The Morgan fingerprint density at radius 3 is 2.70 bits per heavy atom. The Labute approximate surface area is 159 Å². The minimum atomic E-state index is -0.520. The summed E-state index contributed by atoms with van der Waals surface area (Å²) < 4.78 is 7.47. The van der Waals surface area contributed by atoms with Crippen molar-refractivity contribution in [2.75, 3.05) is 18.5 Å². The number of aromatic nitrogens is 2. The van der Waals surface area contributed by atoms with Crippen LogP contribution in [0.5, 0.6) is 0 Å². The first-order chi connectivity index (χ1) is 12.7. The molecule has 0 N–H and O–H groups in total. The first kappa shape index (κ1) is 18.9. The van der Waals surface area contributed by atoms with Crippen molar-refractivity contribution in [2.45, 2.75) is 46.3 Å². The normalized spacial score (nSPS) is 13.4. The zero-order valence-corrected chi connectivity index (χ0v) is 16.5. The van der Waals surface area contributed by atoms with Gasteiger partial charge in [0.05, 0.1) is 12.2 Å². The highest BCUT2D eigenvalue weighted by atomic mass is 16.6. The molecule has 3 rings (SSSR count). The Bertz CT molecular complexity index is 866. The van der Waals surface area contributed by atoms with Crippen LogP contribution in [0.25, 0.3) is 5.69 Å². The second-order valence-electron chi connectivity index (χ2n) is 7.78. The van der Waals surface area contributed by atoms with E-state index < -0.39 is 5.60 Å². The molecule has 144 valence electrons. The zero-order chi connectivity index (χ0) is 19.8. The van der Waals surface area contributed by atoms with Gasteiger partial charge in [-0.3, -0.25) is 9.69 Å². The molecule has 0 unspecified atom stereocenters. The summed E-state index contributed by atoms with van der Waals surface area (Å²) in [6.45, 7) is 8.17. The van der Waals surface area contributed by atoms with Crippen LogP contribution in [0.15, 0.2) is 30.6 Å². The van der Waals surface area contributed by atoms with Crippen LogP contribution >= 0.6 is 0 Å². The number of carbonyl (C=O) groups excluding carboxylic acids is 2. The molecule has 7 heteroatoms. The number of benzene rings is 1. The van der Waals surface area contributed by atoms with Gasteiger partial charge in [-0.25, -0.2) is 9.78 Å². The van der Waals surface area contributed by atoms with Crippen molar-refractivity contribution in [3.05, 3.63) is 42.0 Å². The summed E-state index contributed by atoms with van der Waals surface area (Å²) in [5.74, 6) is 0.779. The Balaban J connectivity index is 1.84. The molecule has 0 saturated carbocycles. The number of nitrogens with zero attached hydrogens (tertiary/aromatic N) is 4. The lowest BCUT2D eigenvalue weighted by Gasteiger charge is -2.25. The van der Waals surface area contributed by atoms with Crippen molar-refractivity contribution in [2.24, 2.45) is 0 Å². The van der Waals surface area contributed by atoms with Crippen molar-refractivity contribution in [3.8, 4) is 5.69 Å². The molecule has 0 saturated heterocycles. The summed E-state index contributed by atoms with van der Waals surface area (Å²) in [7, 11) is 1.75. The van der Waals surface area contributed by atoms with Crippen LogP contribution in [0.1, 0.15) is 39.1 Å². The SMILES string of the molecule is CC(=O)N(C)Cc1nccn1-c1ccc2c(c1)CCN2C(=O)OC(C)(C)C. The first-order valence-corrected chi connectivity index (χ1v) is 9.03. The Morgan fingerprint density at radius 2 is 2.04 bits per heavy atom. The third-order valence-electron chi connectivity index (χ3n) is 4.48. The molecule has 0 radical (unpaired) electrons. The van der Waals surface area contributed by atoms with E-state index in [0.29, 0.717) is 13.1 Å². The van der Waals surface area contributed by atoms with Crippen molar-refractivity contribution in [3.63, 3.8) is 0 Å². The van der Waals surface area contributed by atoms with E-state index in [1.165, 1.54) is 6.92 Å². The topological polar surface area (TPSA) is 67.7 Å². The predicted octanol–water partition coefficient (Wildman–Crippen LogP) is 3.15. The van der Waals surface area contributed by atoms with Crippen molar-refractivity contribution in [1.82, 2.24) is 14.5 Å². The molecule has 2 heterocycles. The molecule has 7 nitrogen and oxygen atoms in total. The molecule has 1 aliphatic heterocycles. The number of carbonyl (C=O) groups is 2. The summed E-state index contributed by atoms with van der Waals surface area (Å²) in [5.41, 5.74) is 2.42. The van der Waals surface area contributed by atoms with Gasteiger partial charge >= 0.3 is 6.09 Å². The second kappa shape index (κ2) is 7.06. The second-order valence-corrected chi connectivity index (χ2v) is 7.78. The molecule has 0 atom stereocenters. The molecule has 1 aliphatic rings. The number of amides is 2. The average Bonchev–Trinajstić information content (AvgIpc) is 3.18. The fraction of sp³-hybridized carbons (Fsp3) is 0.450. The molecule has 0 fully saturated rings. The molecule has 0 spiro atoms. The number of anilines is 1. The summed E-state index contributed by atoms with van der Waals surface area (Å²) in [6.07, 6.45) is 4.06. The van der Waals surface area contributed by atoms with Crippen LogP contribution in [0.3, 0.4) is 0 Å². The minimum absolute atomic E-state index is 0.00786. The number of imidazole rings is 1. The average molecular weight is 370 g/mol. The summed E-state index contributed by atoms with van der Waals surface area (Å²) in [5, 5.41) is 0. The van der Waals surface area contributed by atoms with E-state index in [9.17, 15) is 9.59 Å². The fourth-order valence-electron chi connectivity index (χ4n) is 3.05. The molecule has 0 bridgehead atoms. The number of hydrogen-bond donors (Lipinski definition) is 0. The lowest BCUT2D eigenvalue weighted by atomic mass is 10.1. The first-order valence-electron chi connectivity index (χ1n) is 9.03. The fourth-order valence-corrected chi connectivity index (χ4v) is 3.05. The molecule has 1 aromatic carbocycles. The maximum atomic E-state index is 12.4. The van der Waals surface area contributed by atoms with E-state index in [1.54, 1.807) is 23.0 Å². The van der Waals surface area contributed by atoms with Crippen LogP contribution in [0, 0.1) is 0 Å². The molecular weight excluding hydrogens is 344 g/mol. The highest BCUT2D eigenvalue weighted by Gasteiger charge is 2.29. The van der Waals surface area contributed by atoms with Crippen molar-refractivity contribution in [1.29, 1.82) is 0 Å². The monoisotopic (exact) mass is 370 g/mol. The van der Waals surface area contributed by atoms with Gasteiger partial charge in [-0.1, -0.05) is 0 Å². The van der Waals surface area contributed by atoms with E-state index in [4.69, 9.17) is 4.74 Å². The van der Waals surface area contributed by atoms with E-state index in [2.05, 4.69) is 11.1 Å². The lowest BCUT2D eigenvalue weighted by molar-refractivity contribution is -0.128. The third-order valence-corrected chi connectivity index (χ3v) is 4.48. The summed E-state index contributed by atoms with van der Waals surface area (Å²) >= 11 is 0. The Kier molecular flexibility index (Phi) is 4.95. The highest BCUT2D eigenvalue weighted by Crippen LogP contribution is 2.31. The molecule has 1 aromatic heterocycles. The van der Waals surface area contributed by atoms with Crippen molar-refractivity contribution < 1.29 is 14.3 Å². The van der Waals surface area contributed by atoms with Gasteiger partial charge in [0.1, 0.15) is 11.4 Å². The van der Waals surface area contributed by atoms with E-state index >= 15 is 0 Å².